The summed E-state index contributed by atoms with van der Waals surface area (Å²) in [6.07, 6.45) is 4.08. The fourth-order valence-corrected chi connectivity index (χ4v) is 2.12. The molecule has 0 aromatic heterocycles. The quantitative estimate of drug-likeness (QED) is 0.621. The van der Waals surface area contributed by atoms with Gasteiger partial charge >= 0.3 is 0 Å². The highest BCUT2D eigenvalue weighted by atomic mass is 15.1. The molecule has 15 heavy (non-hydrogen) atoms. The summed E-state index contributed by atoms with van der Waals surface area (Å²) in [7, 11) is 2.28. The van der Waals surface area contributed by atoms with Gasteiger partial charge in [-0.15, -0.1) is 0 Å². The van der Waals surface area contributed by atoms with E-state index in [9.17, 15) is 0 Å². The number of nitrogens with one attached hydrogen (secondary N) is 1. The highest BCUT2D eigenvalue weighted by Crippen LogP contribution is 2.38. The summed E-state index contributed by atoms with van der Waals surface area (Å²) in [6.45, 7) is 10.5. The highest BCUT2D eigenvalue weighted by Gasteiger charge is 2.33. The van der Waals surface area contributed by atoms with Crippen LogP contribution in [0.15, 0.2) is 0 Å². The van der Waals surface area contributed by atoms with Crippen LogP contribution in [0.1, 0.15) is 40.0 Å². The van der Waals surface area contributed by atoms with E-state index in [1.165, 1.54) is 32.4 Å². The molecular formula is C13H28N2. The Labute approximate surface area is 95.4 Å². The average molecular weight is 212 g/mol. The highest BCUT2D eigenvalue weighted by molar-refractivity contribution is 4.85. The number of hydrogen-bond acceptors (Lipinski definition) is 2. The van der Waals surface area contributed by atoms with Gasteiger partial charge in [-0.3, -0.25) is 0 Å². The number of hydrogen-bond donors (Lipinski definition) is 1. The third-order valence-electron chi connectivity index (χ3n) is 3.78. The maximum atomic E-state index is 3.38. The lowest BCUT2D eigenvalue weighted by Gasteiger charge is -2.24. The van der Waals surface area contributed by atoms with E-state index in [-0.39, 0.29) is 0 Å². The molecule has 1 aliphatic rings. The molecule has 0 radical (unpaired) electrons. The first-order chi connectivity index (χ1) is 7.15. The molecule has 0 aromatic carbocycles. The van der Waals surface area contributed by atoms with Crippen molar-refractivity contribution in [2.24, 2.45) is 11.8 Å². The van der Waals surface area contributed by atoms with E-state index in [1.54, 1.807) is 0 Å². The molecule has 0 aliphatic heterocycles. The van der Waals surface area contributed by atoms with Gasteiger partial charge in [0.15, 0.2) is 0 Å². The Hall–Kier alpha value is -0.0800. The minimum atomic E-state index is 0.747. The van der Waals surface area contributed by atoms with Crippen LogP contribution in [0.2, 0.25) is 0 Å². The van der Waals surface area contributed by atoms with Crippen molar-refractivity contribution in [1.29, 1.82) is 0 Å². The zero-order valence-electron chi connectivity index (χ0n) is 10.9. The standard InChI is InChI=1S/C13H28N2/c1-5-14-8-6-7-12(3)15(4)10-13-9-11(13)2/h11-14H,5-10H2,1-4H3. The second-order valence-corrected chi connectivity index (χ2v) is 5.26. The van der Waals surface area contributed by atoms with Crippen molar-refractivity contribution in [3.8, 4) is 0 Å². The van der Waals surface area contributed by atoms with E-state index < -0.39 is 0 Å². The van der Waals surface area contributed by atoms with Crippen molar-refractivity contribution in [2.75, 3.05) is 26.7 Å². The molecule has 90 valence electrons. The normalized spacial score (nSPS) is 27.0. The van der Waals surface area contributed by atoms with E-state index in [0.717, 1.165) is 24.4 Å². The molecule has 0 heterocycles. The van der Waals surface area contributed by atoms with E-state index >= 15 is 0 Å². The van der Waals surface area contributed by atoms with E-state index in [4.69, 9.17) is 0 Å². The molecule has 1 N–H and O–H groups in total. The summed E-state index contributed by atoms with van der Waals surface area (Å²) in [6, 6.07) is 0.747. The molecule has 2 nitrogen and oxygen atoms in total. The third kappa shape index (κ3) is 4.98. The van der Waals surface area contributed by atoms with Gasteiger partial charge in [-0.2, -0.15) is 0 Å². The van der Waals surface area contributed by atoms with Crippen LogP contribution in [0.3, 0.4) is 0 Å². The zero-order valence-corrected chi connectivity index (χ0v) is 10.9. The lowest BCUT2D eigenvalue weighted by atomic mass is 10.1. The summed E-state index contributed by atoms with van der Waals surface area (Å²) in [5.41, 5.74) is 0. The second-order valence-electron chi connectivity index (χ2n) is 5.26. The van der Waals surface area contributed by atoms with Crippen LogP contribution < -0.4 is 5.32 Å². The summed E-state index contributed by atoms with van der Waals surface area (Å²) in [5, 5.41) is 3.38. The first-order valence-corrected chi connectivity index (χ1v) is 6.56. The predicted molar refractivity (Wildman–Crippen MR) is 67.1 cm³/mol. The fourth-order valence-electron chi connectivity index (χ4n) is 2.12. The monoisotopic (exact) mass is 212 g/mol. The van der Waals surface area contributed by atoms with Gasteiger partial charge in [-0.05, 0) is 58.2 Å². The van der Waals surface area contributed by atoms with Gasteiger partial charge in [0.1, 0.15) is 0 Å². The predicted octanol–water partition coefficient (Wildman–Crippen LogP) is 2.35. The summed E-state index contributed by atoms with van der Waals surface area (Å²) in [5.74, 6) is 1.98. The lowest BCUT2D eigenvalue weighted by molar-refractivity contribution is 0.230. The molecule has 1 saturated carbocycles. The number of nitrogens with zero attached hydrogens (tertiary/aromatic N) is 1. The SMILES string of the molecule is CCNCCCC(C)N(C)CC1CC1C. The molecule has 2 heteroatoms. The first kappa shape index (κ1) is 13.0. The molecular weight excluding hydrogens is 184 g/mol. The molecule has 0 spiro atoms. The fraction of sp³-hybridized carbons (Fsp3) is 1.00. The topological polar surface area (TPSA) is 15.3 Å². The van der Waals surface area contributed by atoms with Gasteiger partial charge in [0.2, 0.25) is 0 Å². The number of rotatable bonds is 8. The summed E-state index contributed by atoms with van der Waals surface area (Å²) < 4.78 is 0. The van der Waals surface area contributed by atoms with Crippen LogP contribution in [0, 0.1) is 11.8 Å². The summed E-state index contributed by atoms with van der Waals surface area (Å²) in [4.78, 5) is 2.54. The molecule has 3 unspecified atom stereocenters. The van der Waals surface area contributed by atoms with E-state index in [0.29, 0.717) is 0 Å². The third-order valence-corrected chi connectivity index (χ3v) is 3.78. The lowest BCUT2D eigenvalue weighted by Crippen LogP contribution is -2.31. The van der Waals surface area contributed by atoms with Crippen molar-refractivity contribution in [1.82, 2.24) is 10.2 Å². The Balaban J connectivity index is 2.02. The average Bonchev–Trinajstić information content (AvgIpc) is 2.88. The minimum Gasteiger partial charge on any atom is -0.317 e. The van der Waals surface area contributed by atoms with Gasteiger partial charge in [0, 0.05) is 12.6 Å². The molecule has 0 saturated heterocycles. The van der Waals surface area contributed by atoms with Crippen LogP contribution in [-0.4, -0.2) is 37.6 Å². The van der Waals surface area contributed by atoms with E-state index in [1.807, 2.05) is 0 Å². The molecule has 1 fully saturated rings. The summed E-state index contributed by atoms with van der Waals surface area (Å²) >= 11 is 0. The second kappa shape index (κ2) is 6.49. The largest absolute Gasteiger partial charge is 0.317 e. The van der Waals surface area contributed by atoms with Gasteiger partial charge in [0.05, 0.1) is 0 Å². The maximum Gasteiger partial charge on any atom is 0.00644 e. The van der Waals surface area contributed by atoms with Gasteiger partial charge in [0.25, 0.3) is 0 Å². The van der Waals surface area contributed by atoms with Crippen LogP contribution in [0.25, 0.3) is 0 Å². The Morgan fingerprint density at radius 1 is 1.47 bits per heavy atom. The molecule has 0 amide bonds. The van der Waals surface area contributed by atoms with Crippen LogP contribution in [0.4, 0.5) is 0 Å². The maximum absolute atomic E-state index is 3.38. The molecule has 3 atom stereocenters. The molecule has 1 rings (SSSR count). The molecule has 1 aliphatic carbocycles. The zero-order chi connectivity index (χ0) is 11.3. The van der Waals surface area contributed by atoms with Gasteiger partial charge < -0.3 is 10.2 Å². The van der Waals surface area contributed by atoms with Crippen molar-refractivity contribution in [3.05, 3.63) is 0 Å². The Kier molecular flexibility index (Phi) is 5.62. The first-order valence-electron chi connectivity index (χ1n) is 6.56. The molecule has 0 bridgehead atoms. The van der Waals surface area contributed by atoms with Crippen LogP contribution in [0.5, 0.6) is 0 Å². The van der Waals surface area contributed by atoms with Crippen molar-refractivity contribution in [3.63, 3.8) is 0 Å². The van der Waals surface area contributed by atoms with E-state index in [2.05, 4.69) is 38.0 Å². The minimum absolute atomic E-state index is 0.747. The molecule has 0 aromatic rings. The smallest absolute Gasteiger partial charge is 0.00644 e. The van der Waals surface area contributed by atoms with Gasteiger partial charge in [-0.25, -0.2) is 0 Å². The Morgan fingerprint density at radius 2 is 2.13 bits per heavy atom. The van der Waals surface area contributed by atoms with Crippen LogP contribution in [-0.2, 0) is 0 Å². The Bertz CT molecular complexity index is 170. The van der Waals surface area contributed by atoms with Crippen molar-refractivity contribution < 1.29 is 0 Å². The van der Waals surface area contributed by atoms with Gasteiger partial charge in [-0.1, -0.05) is 13.8 Å². The van der Waals surface area contributed by atoms with Crippen molar-refractivity contribution in [2.45, 2.75) is 46.1 Å². The van der Waals surface area contributed by atoms with Crippen molar-refractivity contribution >= 4 is 0 Å². The Morgan fingerprint density at radius 3 is 2.67 bits per heavy atom. The van der Waals surface area contributed by atoms with Crippen LogP contribution >= 0.6 is 0 Å².